The predicted molar refractivity (Wildman–Crippen MR) is 54.1 cm³/mol. The van der Waals surface area contributed by atoms with Gasteiger partial charge in [-0.1, -0.05) is 6.07 Å². The van der Waals surface area contributed by atoms with E-state index in [1.165, 1.54) is 7.11 Å². The molecule has 0 aliphatic heterocycles. The van der Waals surface area contributed by atoms with Crippen molar-refractivity contribution >= 4 is 17.8 Å². The van der Waals surface area contributed by atoms with E-state index in [-0.39, 0.29) is 0 Å². The zero-order valence-electron chi connectivity index (χ0n) is 8.14. The second-order valence-corrected chi connectivity index (χ2v) is 3.06. The van der Waals surface area contributed by atoms with Gasteiger partial charge in [0.2, 0.25) is 0 Å². The van der Waals surface area contributed by atoms with E-state index in [4.69, 9.17) is 0 Å². The van der Waals surface area contributed by atoms with Gasteiger partial charge in [0, 0.05) is 12.4 Å². The molecule has 0 aliphatic rings. The summed E-state index contributed by atoms with van der Waals surface area (Å²) in [5, 5.41) is 0. The molecular weight excluding hydrogens is 194 g/mol. The van der Waals surface area contributed by atoms with Crippen molar-refractivity contribution in [2.75, 3.05) is 7.11 Å². The van der Waals surface area contributed by atoms with E-state index in [0.717, 1.165) is 0 Å². The number of hydrogen-bond acceptors (Lipinski definition) is 3. The first-order chi connectivity index (χ1) is 7.27. The third-order valence-corrected chi connectivity index (χ3v) is 2.25. The van der Waals surface area contributed by atoms with Gasteiger partial charge in [-0.05, 0) is 12.1 Å². The van der Waals surface area contributed by atoms with E-state index < -0.39 is 5.97 Å². The van der Waals surface area contributed by atoms with E-state index in [9.17, 15) is 9.59 Å². The van der Waals surface area contributed by atoms with Crippen LogP contribution in [0.2, 0.25) is 0 Å². The molecule has 2 heterocycles. The maximum atomic E-state index is 11.4. The number of fused-ring (bicyclic) bond motifs is 1. The van der Waals surface area contributed by atoms with Crippen LogP contribution in [0.5, 0.6) is 0 Å². The third kappa shape index (κ3) is 1.40. The number of aromatic nitrogens is 1. The molecule has 0 bridgehead atoms. The van der Waals surface area contributed by atoms with E-state index in [2.05, 4.69) is 4.74 Å². The second kappa shape index (κ2) is 3.57. The fourth-order valence-corrected chi connectivity index (χ4v) is 1.54. The summed E-state index contributed by atoms with van der Waals surface area (Å²) in [5.74, 6) is -0.499. The van der Waals surface area contributed by atoms with Crippen molar-refractivity contribution in [3.05, 3.63) is 41.7 Å². The fraction of sp³-hybridized carbons (Fsp3) is 0.0909. The lowest BCUT2D eigenvalue weighted by atomic mass is 10.2. The Balaban J connectivity index is 2.74. The van der Waals surface area contributed by atoms with Gasteiger partial charge in [0.1, 0.15) is 0 Å². The van der Waals surface area contributed by atoms with Crippen molar-refractivity contribution in [3.8, 4) is 0 Å². The topological polar surface area (TPSA) is 47.8 Å². The molecule has 2 aromatic rings. The molecule has 0 aromatic carbocycles. The van der Waals surface area contributed by atoms with Gasteiger partial charge in [0.15, 0.2) is 6.29 Å². The maximum Gasteiger partial charge on any atom is 0.340 e. The Kier molecular flexibility index (Phi) is 2.25. The molecule has 0 saturated heterocycles. The molecule has 76 valence electrons. The van der Waals surface area contributed by atoms with Gasteiger partial charge in [-0.15, -0.1) is 0 Å². The first-order valence-electron chi connectivity index (χ1n) is 4.41. The molecule has 4 nitrogen and oxygen atoms in total. The van der Waals surface area contributed by atoms with Crippen LogP contribution in [-0.2, 0) is 4.74 Å². The van der Waals surface area contributed by atoms with Crippen molar-refractivity contribution in [1.29, 1.82) is 0 Å². The molecule has 2 rings (SSSR count). The van der Waals surface area contributed by atoms with Crippen molar-refractivity contribution in [1.82, 2.24) is 4.40 Å². The number of ether oxygens (including phenoxy) is 1. The van der Waals surface area contributed by atoms with Gasteiger partial charge < -0.3 is 9.14 Å². The molecule has 0 N–H and O–H groups in total. The number of carbonyl (C=O) groups excluding carboxylic acids is 2. The molecule has 0 fully saturated rings. The van der Waals surface area contributed by atoms with Crippen LogP contribution in [0, 0.1) is 0 Å². The number of aldehydes is 1. The molecule has 0 atom stereocenters. The number of rotatable bonds is 2. The van der Waals surface area contributed by atoms with Crippen molar-refractivity contribution in [2.24, 2.45) is 0 Å². The van der Waals surface area contributed by atoms with Crippen LogP contribution in [0.15, 0.2) is 30.6 Å². The highest BCUT2D eigenvalue weighted by Gasteiger charge is 2.16. The van der Waals surface area contributed by atoms with Crippen LogP contribution in [0.25, 0.3) is 5.52 Å². The smallest absolute Gasteiger partial charge is 0.340 e. The lowest BCUT2D eigenvalue weighted by Crippen LogP contribution is -2.02. The van der Waals surface area contributed by atoms with Gasteiger partial charge in [0.05, 0.1) is 23.8 Å². The van der Waals surface area contributed by atoms with Crippen LogP contribution >= 0.6 is 0 Å². The van der Waals surface area contributed by atoms with Gasteiger partial charge in [-0.3, -0.25) is 4.79 Å². The molecule has 0 saturated carbocycles. The summed E-state index contributed by atoms with van der Waals surface area (Å²) in [6.45, 7) is 0. The summed E-state index contributed by atoms with van der Waals surface area (Å²) in [7, 11) is 1.29. The molecule has 0 amide bonds. The highest BCUT2D eigenvalue weighted by Crippen LogP contribution is 2.17. The van der Waals surface area contributed by atoms with E-state index in [0.29, 0.717) is 22.9 Å². The summed E-state index contributed by atoms with van der Waals surface area (Å²) in [6.07, 6.45) is 4.03. The molecule has 0 radical (unpaired) electrons. The first kappa shape index (κ1) is 9.45. The summed E-state index contributed by atoms with van der Waals surface area (Å²) < 4.78 is 6.32. The number of carbonyl (C=O) groups is 2. The molecular formula is C11H9NO3. The molecule has 0 aliphatic carbocycles. The van der Waals surface area contributed by atoms with E-state index in [1.807, 2.05) is 12.1 Å². The van der Waals surface area contributed by atoms with Gasteiger partial charge in [0.25, 0.3) is 0 Å². The van der Waals surface area contributed by atoms with Crippen LogP contribution in [0.3, 0.4) is 0 Å². The number of hydrogen-bond donors (Lipinski definition) is 0. The van der Waals surface area contributed by atoms with Crippen molar-refractivity contribution in [3.63, 3.8) is 0 Å². The molecule has 2 aromatic heterocycles. The Morgan fingerprint density at radius 2 is 2.27 bits per heavy atom. The lowest BCUT2D eigenvalue weighted by Gasteiger charge is -1.94. The minimum Gasteiger partial charge on any atom is -0.465 e. The average Bonchev–Trinajstić information content (AvgIpc) is 2.66. The van der Waals surface area contributed by atoms with Crippen LogP contribution in [-0.4, -0.2) is 23.8 Å². The maximum absolute atomic E-state index is 11.4. The standard InChI is InChI=1S/C11H9NO3/c1-15-11(14)8-6-12-5-3-2-4-10(12)9(8)7-13/h2-7H,1H3. The van der Waals surface area contributed by atoms with E-state index in [1.54, 1.807) is 22.9 Å². The zero-order valence-corrected chi connectivity index (χ0v) is 8.14. The van der Waals surface area contributed by atoms with Crippen LogP contribution in [0.1, 0.15) is 20.7 Å². The predicted octanol–water partition coefficient (Wildman–Crippen LogP) is 1.54. The Morgan fingerprint density at radius 3 is 2.93 bits per heavy atom. The molecule has 15 heavy (non-hydrogen) atoms. The summed E-state index contributed by atoms with van der Waals surface area (Å²) in [4.78, 5) is 22.3. The summed E-state index contributed by atoms with van der Waals surface area (Å²) >= 11 is 0. The Hall–Kier alpha value is -2.10. The van der Waals surface area contributed by atoms with Crippen molar-refractivity contribution in [2.45, 2.75) is 0 Å². The average molecular weight is 203 g/mol. The Morgan fingerprint density at radius 1 is 1.47 bits per heavy atom. The Labute approximate surface area is 86.1 Å². The number of nitrogens with zero attached hydrogens (tertiary/aromatic N) is 1. The minimum atomic E-state index is -0.499. The molecule has 0 unspecified atom stereocenters. The van der Waals surface area contributed by atoms with Gasteiger partial charge in [-0.25, -0.2) is 4.79 Å². The third-order valence-electron chi connectivity index (χ3n) is 2.25. The highest BCUT2D eigenvalue weighted by atomic mass is 16.5. The van der Waals surface area contributed by atoms with Crippen LogP contribution in [0.4, 0.5) is 0 Å². The largest absolute Gasteiger partial charge is 0.465 e. The Bertz CT molecular complexity index is 528. The van der Waals surface area contributed by atoms with Gasteiger partial charge >= 0.3 is 5.97 Å². The number of methoxy groups -OCH3 is 1. The fourth-order valence-electron chi connectivity index (χ4n) is 1.54. The number of esters is 1. The lowest BCUT2D eigenvalue weighted by molar-refractivity contribution is 0.0598. The van der Waals surface area contributed by atoms with Gasteiger partial charge in [-0.2, -0.15) is 0 Å². The minimum absolute atomic E-state index is 0.290. The molecule has 4 heteroatoms. The first-order valence-corrected chi connectivity index (χ1v) is 4.41. The summed E-state index contributed by atoms with van der Waals surface area (Å²) in [6, 6.07) is 5.40. The monoisotopic (exact) mass is 203 g/mol. The number of pyridine rings is 1. The van der Waals surface area contributed by atoms with Crippen LogP contribution < -0.4 is 0 Å². The zero-order chi connectivity index (χ0) is 10.8. The highest BCUT2D eigenvalue weighted by molar-refractivity contribution is 6.03. The summed E-state index contributed by atoms with van der Waals surface area (Å²) in [5.41, 5.74) is 1.36. The SMILES string of the molecule is COC(=O)c1cn2ccccc2c1C=O. The second-order valence-electron chi connectivity index (χ2n) is 3.06. The quantitative estimate of drug-likeness (QED) is 0.549. The molecule has 0 spiro atoms. The normalized spacial score (nSPS) is 10.2. The van der Waals surface area contributed by atoms with E-state index >= 15 is 0 Å². The van der Waals surface area contributed by atoms with Crippen molar-refractivity contribution < 1.29 is 14.3 Å².